The molecule has 0 aromatic rings. The highest BCUT2D eigenvalue weighted by molar-refractivity contribution is 5.82. The molecule has 3 heteroatoms. The van der Waals surface area contributed by atoms with Gasteiger partial charge < -0.3 is 10.1 Å². The second-order valence-corrected chi connectivity index (χ2v) is 2.58. The van der Waals surface area contributed by atoms with Crippen molar-refractivity contribution in [2.24, 2.45) is 0 Å². The number of rotatable bonds is 6. The summed E-state index contributed by atoms with van der Waals surface area (Å²) in [6.07, 6.45) is 4.16. The van der Waals surface area contributed by atoms with Crippen LogP contribution in [0.2, 0.25) is 0 Å². The fraction of sp³-hybridized carbons (Fsp3) is 0.500. The Kier molecular flexibility index (Phi) is 6.69. The van der Waals surface area contributed by atoms with Gasteiger partial charge in [-0.1, -0.05) is 6.08 Å². The molecular weight excluding hydrogens is 166 g/mol. The lowest BCUT2D eigenvalue weighted by atomic mass is 10.4. The summed E-state index contributed by atoms with van der Waals surface area (Å²) in [5.74, 6) is -0.300. The van der Waals surface area contributed by atoms with Crippen LogP contribution in [0.5, 0.6) is 0 Å². The van der Waals surface area contributed by atoms with Crippen molar-refractivity contribution < 1.29 is 9.53 Å². The Bertz CT molecular complexity index is 197. The van der Waals surface area contributed by atoms with Crippen LogP contribution in [-0.2, 0) is 9.53 Å². The Hall–Kier alpha value is -1.25. The van der Waals surface area contributed by atoms with Gasteiger partial charge in [-0.2, -0.15) is 0 Å². The molecule has 0 heterocycles. The first-order valence-electron chi connectivity index (χ1n) is 4.40. The van der Waals surface area contributed by atoms with Gasteiger partial charge in [0, 0.05) is 18.3 Å². The van der Waals surface area contributed by atoms with Crippen molar-refractivity contribution in [1.82, 2.24) is 5.32 Å². The molecule has 0 aliphatic carbocycles. The highest BCUT2D eigenvalue weighted by Crippen LogP contribution is 1.90. The molecule has 0 rings (SSSR count). The molecule has 74 valence electrons. The Labute approximate surface area is 79.5 Å². The molecule has 0 spiro atoms. The molecule has 0 bridgehead atoms. The van der Waals surface area contributed by atoms with Crippen molar-refractivity contribution in [2.75, 3.05) is 13.2 Å². The van der Waals surface area contributed by atoms with Crippen LogP contribution >= 0.6 is 0 Å². The van der Waals surface area contributed by atoms with Gasteiger partial charge in [-0.25, -0.2) is 4.79 Å². The summed E-state index contributed by atoms with van der Waals surface area (Å²) in [4.78, 5) is 10.9. The fourth-order valence-electron chi connectivity index (χ4n) is 0.783. The largest absolute Gasteiger partial charge is 0.463 e. The first-order chi connectivity index (χ1) is 6.20. The maximum atomic E-state index is 10.9. The number of carbonyl (C=O) groups excluding carboxylic acids is 1. The van der Waals surface area contributed by atoms with Crippen molar-refractivity contribution in [3.8, 4) is 0 Å². The van der Waals surface area contributed by atoms with Gasteiger partial charge in [-0.3, -0.25) is 0 Å². The molecule has 0 aromatic carbocycles. The average Bonchev–Trinajstić information content (AvgIpc) is 2.05. The first kappa shape index (κ1) is 11.8. The molecule has 0 atom stereocenters. The smallest absolute Gasteiger partial charge is 0.332 e. The zero-order valence-electron chi connectivity index (χ0n) is 8.30. The van der Waals surface area contributed by atoms with Gasteiger partial charge in [-0.15, -0.1) is 6.58 Å². The monoisotopic (exact) mass is 183 g/mol. The molecule has 3 nitrogen and oxygen atoms in total. The van der Waals surface area contributed by atoms with Crippen molar-refractivity contribution in [2.45, 2.75) is 20.3 Å². The Morgan fingerprint density at radius 3 is 2.85 bits per heavy atom. The molecule has 13 heavy (non-hydrogen) atoms. The van der Waals surface area contributed by atoms with E-state index < -0.39 is 0 Å². The quantitative estimate of drug-likeness (QED) is 0.294. The Morgan fingerprint density at radius 1 is 1.62 bits per heavy atom. The van der Waals surface area contributed by atoms with Gasteiger partial charge in [0.1, 0.15) is 0 Å². The minimum absolute atomic E-state index is 0.300. The van der Waals surface area contributed by atoms with Crippen molar-refractivity contribution >= 4 is 5.97 Å². The van der Waals surface area contributed by atoms with Gasteiger partial charge in [-0.05, 0) is 20.3 Å². The Morgan fingerprint density at radius 2 is 2.31 bits per heavy atom. The van der Waals surface area contributed by atoms with E-state index in [4.69, 9.17) is 4.74 Å². The van der Waals surface area contributed by atoms with Gasteiger partial charge in [0.15, 0.2) is 0 Å². The lowest BCUT2D eigenvalue weighted by Crippen LogP contribution is -2.14. The van der Waals surface area contributed by atoms with E-state index in [9.17, 15) is 4.79 Å². The zero-order chi connectivity index (χ0) is 10.1. The van der Waals surface area contributed by atoms with Crippen LogP contribution in [0.1, 0.15) is 20.3 Å². The molecule has 0 aliphatic heterocycles. The highest BCUT2D eigenvalue weighted by atomic mass is 16.5. The van der Waals surface area contributed by atoms with Crippen LogP contribution < -0.4 is 5.32 Å². The maximum absolute atomic E-state index is 10.9. The molecule has 0 radical (unpaired) electrons. The van der Waals surface area contributed by atoms with Crippen LogP contribution in [0.3, 0.4) is 0 Å². The molecule has 0 aromatic heterocycles. The number of ether oxygens (including phenoxy) is 1. The lowest BCUT2D eigenvalue weighted by Gasteiger charge is -2.03. The maximum Gasteiger partial charge on any atom is 0.332 e. The number of allylic oxidation sites excluding steroid dienone is 1. The minimum Gasteiger partial charge on any atom is -0.463 e. The number of hydrogen-bond acceptors (Lipinski definition) is 3. The number of carbonyl (C=O) groups is 1. The van der Waals surface area contributed by atoms with Crippen LogP contribution in [0, 0.1) is 0 Å². The van der Waals surface area contributed by atoms with Crippen molar-refractivity contribution in [1.29, 1.82) is 0 Å². The minimum atomic E-state index is -0.300. The molecule has 0 saturated heterocycles. The molecule has 0 amide bonds. The van der Waals surface area contributed by atoms with E-state index >= 15 is 0 Å². The van der Waals surface area contributed by atoms with Crippen LogP contribution in [0.25, 0.3) is 0 Å². The molecule has 1 N–H and O–H groups in total. The van der Waals surface area contributed by atoms with Gasteiger partial charge in [0.2, 0.25) is 0 Å². The normalized spacial score (nSPS) is 10.8. The Balaban J connectivity index is 3.72. The van der Waals surface area contributed by atoms with E-state index in [1.165, 1.54) is 6.08 Å². The van der Waals surface area contributed by atoms with E-state index in [1.807, 2.05) is 13.0 Å². The second kappa shape index (κ2) is 7.40. The molecule has 0 unspecified atom stereocenters. The predicted octanol–water partition coefficient (Wildman–Crippen LogP) is 1.62. The van der Waals surface area contributed by atoms with Gasteiger partial charge in [0.25, 0.3) is 0 Å². The van der Waals surface area contributed by atoms with E-state index in [-0.39, 0.29) is 5.97 Å². The van der Waals surface area contributed by atoms with Crippen LogP contribution in [-0.4, -0.2) is 19.1 Å². The molecule has 0 aliphatic rings. The van der Waals surface area contributed by atoms with Gasteiger partial charge >= 0.3 is 5.97 Å². The summed E-state index contributed by atoms with van der Waals surface area (Å²) in [7, 11) is 0. The third kappa shape index (κ3) is 7.12. The molecular formula is C10H17NO2. The average molecular weight is 183 g/mol. The number of esters is 1. The lowest BCUT2D eigenvalue weighted by molar-refractivity contribution is -0.137. The molecule has 0 saturated carbocycles. The predicted molar refractivity (Wildman–Crippen MR) is 53.2 cm³/mol. The van der Waals surface area contributed by atoms with Gasteiger partial charge in [0.05, 0.1) is 6.61 Å². The standard InChI is InChI=1S/C10H17NO2/c1-4-6-7-11-9(3)8-10(12)13-5-2/h4,8,11H,1,5-7H2,2-3H3/b9-8-. The third-order valence-corrected chi connectivity index (χ3v) is 1.37. The van der Waals surface area contributed by atoms with E-state index in [1.54, 1.807) is 6.92 Å². The van der Waals surface area contributed by atoms with E-state index in [2.05, 4.69) is 11.9 Å². The first-order valence-corrected chi connectivity index (χ1v) is 4.40. The van der Waals surface area contributed by atoms with E-state index in [0.717, 1.165) is 18.7 Å². The summed E-state index contributed by atoms with van der Waals surface area (Å²) in [5.41, 5.74) is 0.820. The number of nitrogens with one attached hydrogen (secondary N) is 1. The summed E-state index contributed by atoms with van der Waals surface area (Å²) >= 11 is 0. The zero-order valence-corrected chi connectivity index (χ0v) is 8.30. The fourth-order valence-corrected chi connectivity index (χ4v) is 0.783. The third-order valence-electron chi connectivity index (χ3n) is 1.37. The van der Waals surface area contributed by atoms with Crippen molar-refractivity contribution in [3.05, 3.63) is 24.4 Å². The van der Waals surface area contributed by atoms with Crippen LogP contribution in [0.4, 0.5) is 0 Å². The SMILES string of the molecule is C=CCCN/C(C)=C\C(=O)OCC. The summed E-state index contributed by atoms with van der Waals surface area (Å²) in [5, 5.41) is 3.06. The van der Waals surface area contributed by atoms with Crippen molar-refractivity contribution in [3.63, 3.8) is 0 Å². The second-order valence-electron chi connectivity index (χ2n) is 2.58. The summed E-state index contributed by atoms with van der Waals surface area (Å²) in [6.45, 7) is 8.42. The van der Waals surface area contributed by atoms with E-state index in [0.29, 0.717) is 6.61 Å². The summed E-state index contributed by atoms with van der Waals surface area (Å²) in [6, 6.07) is 0. The van der Waals surface area contributed by atoms with Crippen LogP contribution in [0.15, 0.2) is 24.4 Å². The number of hydrogen-bond donors (Lipinski definition) is 1. The topological polar surface area (TPSA) is 38.3 Å². The highest BCUT2D eigenvalue weighted by Gasteiger charge is 1.96. The molecule has 0 fully saturated rings. The summed E-state index contributed by atoms with van der Waals surface area (Å²) < 4.78 is 4.74.